The molecule has 0 atom stereocenters. The maximum Gasteiger partial charge on any atom is 0.416 e. The number of aromatic nitrogens is 3. The van der Waals surface area contributed by atoms with Gasteiger partial charge in [0, 0.05) is 31.0 Å². The first-order valence-electron chi connectivity index (χ1n) is 9.33. The highest BCUT2D eigenvalue weighted by Gasteiger charge is 2.30. The number of carbonyl (C=O) groups is 1. The molecule has 0 N–H and O–H groups in total. The van der Waals surface area contributed by atoms with E-state index in [1.807, 2.05) is 4.57 Å². The Morgan fingerprint density at radius 2 is 1.90 bits per heavy atom. The number of hydrogen-bond donors (Lipinski definition) is 0. The van der Waals surface area contributed by atoms with Crippen LogP contribution in [-0.2, 0) is 12.7 Å². The standard InChI is InChI=1S/C21H16F4N4OS/c22-16-3-1-4-17-18(16)27-20(31-17)29(11-2-10-28-12-9-26-13-28)19(30)14-5-7-15(8-6-14)21(23,24)25/h1,3-9,12-13H,2,10-11H2. The minimum Gasteiger partial charge on any atom is -0.337 e. The van der Waals surface area contributed by atoms with Gasteiger partial charge in [0.1, 0.15) is 11.3 Å². The van der Waals surface area contributed by atoms with E-state index in [1.54, 1.807) is 30.9 Å². The molecule has 2 aromatic heterocycles. The molecule has 0 saturated heterocycles. The molecular weight excluding hydrogens is 432 g/mol. The number of amides is 1. The van der Waals surface area contributed by atoms with Crippen LogP contribution in [-0.4, -0.2) is 27.0 Å². The maximum absolute atomic E-state index is 14.1. The molecule has 5 nitrogen and oxygen atoms in total. The van der Waals surface area contributed by atoms with E-state index in [0.29, 0.717) is 17.7 Å². The zero-order valence-corrected chi connectivity index (χ0v) is 16.8. The van der Waals surface area contributed by atoms with Crippen molar-refractivity contribution in [1.29, 1.82) is 0 Å². The van der Waals surface area contributed by atoms with Crippen molar-refractivity contribution in [3.63, 3.8) is 0 Å². The Kier molecular flexibility index (Phi) is 5.73. The van der Waals surface area contributed by atoms with Crippen LogP contribution < -0.4 is 4.90 Å². The molecule has 0 aliphatic heterocycles. The smallest absolute Gasteiger partial charge is 0.337 e. The molecule has 31 heavy (non-hydrogen) atoms. The monoisotopic (exact) mass is 448 g/mol. The van der Waals surface area contributed by atoms with Gasteiger partial charge in [0.2, 0.25) is 0 Å². The molecular formula is C21H16F4N4OS. The number of nitrogens with zero attached hydrogens (tertiary/aromatic N) is 4. The molecule has 2 heterocycles. The van der Waals surface area contributed by atoms with E-state index in [4.69, 9.17) is 0 Å². The topological polar surface area (TPSA) is 51.0 Å². The number of alkyl halides is 3. The summed E-state index contributed by atoms with van der Waals surface area (Å²) in [6, 6.07) is 8.56. The van der Waals surface area contributed by atoms with Crippen molar-refractivity contribution < 1.29 is 22.4 Å². The minimum absolute atomic E-state index is 0.0929. The van der Waals surface area contributed by atoms with E-state index in [1.165, 1.54) is 11.0 Å². The van der Waals surface area contributed by atoms with Crippen LogP contribution in [0.15, 0.2) is 61.2 Å². The summed E-state index contributed by atoms with van der Waals surface area (Å²) in [5.74, 6) is -1.00. The van der Waals surface area contributed by atoms with Crippen molar-refractivity contribution in [2.45, 2.75) is 19.1 Å². The van der Waals surface area contributed by atoms with Crippen LogP contribution in [0.2, 0.25) is 0 Å². The lowest BCUT2D eigenvalue weighted by atomic mass is 10.1. The van der Waals surface area contributed by atoms with Gasteiger partial charge in [0.25, 0.3) is 5.91 Å². The van der Waals surface area contributed by atoms with Gasteiger partial charge >= 0.3 is 6.18 Å². The van der Waals surface area contributed by atoms with E-state index in [2.05, 4.69) is 9.97 Å². The highest BCUT2D eigenvalue weighted by Crippen LogP contribution is 2.32. The number of imidazole rings is 1. The molecule has 1 amide bonds. The predicted molar refractivity (Wildman–Crippen MR) is 110 cm³/mol. The number of hydrogen-bond acceptors (Lipinski definition) is 4. The second-order valence-electron chi connectivity index (χ2n) is 6.77. The lowest BCUT2D eigenvalue weighted by molar-refractivity contribution is -0.137. The highest BCUT2D eigenvalue weighted by atomic mass is 32.1. The summed E-state index contributed by atoms with van der Waals surface area (Å²) in [5, 5.41) is 0.288. The molecule has 2 aromatic carbocycles. The fraction of sp³-hybridized carbons (Fsp3) is 0.190. The van der Waals surface area contributed by atoms with Gasteiger partial charge in [0.05, 0.1) is 16.6 Å². The Morgan fingerprint density at radius 3 is 2.55 bits per heavy atom. The molecule has 0 spiro atoms. The van der Waals surface area contributed by atoms with Gasteiger partial charge in [0.15, 0.2) is 5.13 Å². The first-order chi connectivity index (χ1) is 14.8. The number of aryl methyl sites for hydroxylation is 1. The average molecular weight is 448 g/mol. The number of anilines is 1. The van der Waals surface area contributed by atoms with E-state index in [-0.39, 0.29) is 22.8 Å². The lowest BCUT2D eigenvalue weighted by Crippen LogP contribution is -2.32. The molecule has 160 valence electrons. The Hall–Kier alpha value is -3.27. The zero-order chi connectivity index (χ0) is 22.0. The van der Waals surface area contributed by atoms with Gasteiger partial charge in [-0.2, -0.15) is 13.2 Å². The molecule has 4 rings (SSSR count). The van der Waals surface area contributed by atoms with Crippen molar-refractivity contribution in [2.24, 2.45) is 0 Å². The predicted octanol–water partition coefficient (Wildman–Crippen LogP) is 5.39. The van der Waals surface area contributed by atoms with Crippen LogP contribution in [0, 0.1) is 5.82 Å². The third kappa shape index (κ3) is 4.58. The molecule has 0 bridgehead atoms. The van der Waals surface area contributed by atoms with Gasteiger partial charge in [-0.3, -0.25) is 9.69 Å². The zero-order valence-electron chi connectivity index (χ0n) is 16.0. The minimum atomic E-state index is -4.49. The van der Waals surface area contributed by atoms with Gasteiger partial charge in [-0.25, -0.2) is 14.4 Å². The van der Waals surface area contributed by atoms with Crippen LogP contribution in [0.25, 0.3) is 10.2 Å². The Balaban J connectivity index is 1.63. The van der Waals surface area contributed by atoms with Crippen molar-refractivity contribution >= 4 is 32.6 Å². The number of carbonyl (C=O) groups excluding carboxylic acids is 1. The summed E-state index contributed by atoms with van der Waals surface area (Å²) in [6.07, 6.45) is 1.13. The quantitative estimate of drug-likeness (QED) is 0.372. The summed E-state index contributed by atoms with van der Waals surface area (Å²) in [6.45, 7) is 0.829. The van der Waals surface area contributed by atoms with Crippen molar-refractivity contribution in [3.05, 3.63) is 78.1 Å². The van der Waals surface area contributed by atoms with Crippen LogP contribution in [0.3, 0.4) is 0 Å². The van der Waals surface area contributed by atoms with Crippen molar-refractivity contribution in [1.82, 2.24) is 14.5 Å². The van der Waals surface area contributed by atoms with Gasteiger partial charge < -0.3 is 4.57 Å². The number of benzene rings is 2. The SMILES string of the molecule is O=C(c1ccc(C(F)(F)F)cc1)N(CCCn1ccnc1)c1nc2c(F)cccc2s1. The summed E-state index contributed by atoms with van der Waals surface area (Å²) in [7, 11) is 0. The van der Waals surface area contributed by atoms with E-state index < -0.39 is 23.5 Å². The van der Waals surface area contributed by atoms with Crippen molar-refractivity contribution in [3.8, 4) is 0 Å². The molecule has 0 radical (unpaired) electrons. The van der Waals surface area contributed by atoms with Crippen molar-refractivity contribution in [2.75, 3.05) is 11.4 Å². The summed E-state index contributed by atoms with van der Waals surface area (Å²) in [4.78, 5) is 22.8. The first-order valence-corrected chi connectivity index (χ1v) is 10.1. The summed E-state index contributed by atoms with van der Waals surface area (Å²) >= 11 is 1.15. The van der Waals surface area contributed by atoms with Crippen LogP contribution >= 0.6 is 11.3 Å². The first kappa shape index (κ1) is 21.0. The lowest BCUT2D eigenvalue weighted by Gasteiger charge is -2.20. The molecule has 0 aliphatic rings. The second kappa shape index (κ2) is 8.46. The Labute approximate surface area is 178 Å². The van der Waals surface area contributed by atoms with Crippen LogP contribution in [0.5, 0.6) is 0 Å². The third-order valence-corrected chi connectivity index (χ3v) is 5.69. The number of para-hydroxylation sites is 1. The average Bonchev–Trinajstić information content (AvgIpc) is 3.41. The maximum atomic E-state index is 14.1. The second-order valence-corrected chi connectivity index (χ2v) is 7.78. The fourth-order valence-electron chi connectivity index (χ4n) is 3.09. The van der Waals surface area contributed by atoms with E-state index in [0.717, 1.165) is 35.6 Å². The highest BCUT2D eigenvalue weighted by molar-refractivity contribution is 7.22. The van der Waals surface area contributed by atoms with Gasteiger partial charge in [-0.05, 0) is 42.8 Å². The van der Waals surface area contributed by atoms with E-state index in [9.17, 15) is 22.4 Å². The molecule has 0 saturated carbocycles. The molecule has 0 aliphatic carbocycles. The van der Waals surface area contributed by atoms with Crippen LogP contribution in [0.1, 0.15) is 22.3 Å². The Morgan fingerprint density at radius 1 is 1.13 bits per heavy atom. The largest absolute Gasteiger partial charge is 0.416 e. The molecule has 0 unspecified atom stereocenters. The van der Waals surface area contributed by atoms with Gasteiger partial charge in [-0.1, -0.05) is 17.4 Å². The number of halogens is 4. The normalized spacial score (nSPS) is 11.7. The molecule has 10 heteroatoms. The number of rotatable bonds is 6. The van der Waals surface area contributed by atoms with Gasteiger partial charge in [-0.15, -0.1) is 0 Å². The molecule has 0 fully saturated rings. The van der Waals surface area contributed by atoms with Crippen LogP contribution in [0.4, 0.5) is 22.7 Å². The number of fused-ring (bicyclic) bond motifs is 1. The Bertz CT molecular complexity index is 1190. The fourth-order valence-corrected chi connectivity index (χ4v) is 4.10. The third-order valence-electron chi connectivity index (χ3n) is 4.65. The summed E-state index contributed by atoms with van der Waals surface area (Å²) < 4.78 is 55.1. The number of thiazole rings is 1. The summed E-state index contributed by atoms with van der Waals surface area (Å²) in [5.41, 5.74) is -0.588. The van der Waals surface area contributed by atoms with E-state index >= 15 is 0 Å². The molecule has 4 aromatic rings.